The third kappa shape index (κ3) is 2.17. The summed E-state index contributed by atoms with van der Waals surface area (Å²) < 4.78 is 1.09. The molecule has 90 valence electrons. The van der Waals surface area contributed by atoms with E-state index in [2.05, 4.69) is 39.8 Å². The molecule has 1 fully saturated rings. The van der Waals surface area contributed by atoms with Gasteiger partial charge in [-0.25, -0.2) is 0 Å². The van der Waals surface area contributed by atoms with Gasteiger partial charge in [-0.15, -0.1) is 0 Å². The van der Waals surface area contributed by atoms with Crippen molar-refractivity contribution >= 4 is 56.3 Å². The van der Waals surface area contributed by atoms with Crippen LogP contribution in [-0.2, 0) is 4.79 Å². The van der Waals surface area contributed by atoms with Crippen LogP contribution in [0.2, 0.25) is 5.32 Å². The second-order valence-corrected chi connectivity index (χ2v) is 8.52. The number of nitrogens with zero attached hydrogens (tertiary/aromatic N) is 1. The van der Waals surface area contributed by atoms with Crippen LogP contribution < -0.4 is 4.90 Å². The molecule has 0 saturated carbocycles. The molecule has 0 N–H and O–H groups in total. The number of carbonyl (C=O) groups excluding carboxylic acids is 1. The Morgan fingerprint density at radius 3 is 2.67 bits per heavy atom. The van der Waals surface area contributed by atoms with E-state index in [0.717, 1.165) is 14.4 Å². The number of anilines is 1. The summed E-state index contributed by atoms with van der Waals surface area (Å²) in [5.74, 6) is 0.201. The molecular weight excluding hydrogens is 356 g/mol. The molecule has 1 amide bonds. The topological polar surface area (TPSA) is 20.3 Å². The summed E-state index contributed by atoms with van der Waals surface area (Å²) in [6.07, 6.45) is 0.665. The molecule has 0 bridgehead atoms. The molecule has 1 heterocycles. The SMILES string of the molecule is O=C1CC[Se]C(=[Se])N1c1ccc2ccccc2c1. The van der Waals surface area contributed by atoms with Crippen LogP contribution in [0.15, 0.2) is 42.5 Å². The Morgan fingerprint density at radius 2 is 1.89 bits per heavy atom. The monoisotopic (exact) mass is 369 g/mol. The number of hydrogen-bond donors (Lipinski definition) is 0. The van der Waals surface area contributed by atoms with Crippen LogP contribution in [0.5, 0.6) is 0 Å². The number of amides is 1. The van der Waals surface area contributed by atoms with E-state index in [-0.39, 0.29) is 5.91 Å². The van der Waals surface area contributed by atoms with E-state index in [1.165, 1.54) is 10.8 Å². The minimum atomic E-state index is 0.201. The zero-order valence-electron chi connectivity index (χ0n) is 9.63. The van der Waals surface area contributed by atoms with Gasteiger partial charge in [-0.05, 0) is 0 Å². The molecule has 2 aromatic carbocycles. The third-order valence-corrected chi connectivity index (χ3v) is 6.39. The Morgan fingerprint density at radius 1 is 1.11 bits per heavy atom. The molecule has 0 radical (unpaired) electrons. The fourth-order valence-electron chi connectivity index (χ4n) is 2.07. The van der Waals surface area contributed by atoms with Gasteiger partial charge in [0.1, 0.15) is 0 Å². The molecule has 1 aliphatic heterocycles. The average Bonchev–Trinajstić information content (AvgIpc) is 2.38. The molecule has 0 spiro atoms. The first kappa shape index (κ1) is 12.1. The molecule has 2 nitrogen and oxygen atoms in total. The second kappa shape index (κ2) is 4.99. The van der Waals surface area contributed by atoms with Crippen LogP contribution >= 0.6 is 0 Å². The molecule has 0 unspecified atom stereocenters. The quantitative estimate of drug-likeness (QED) is 0.706. The minimum absolute atomic E-state index is 0.201. The number of benzene rings is 2. The Labute approximate surface area is 120 Å². The first-order valence-electron chi connectivity index (χ1n) is 5.74. The van der Waals surface area contributed by atoms with Crippen molar-refractivity contribution in [1.29, 1.82) is 0 Å². The van der Waals surface area contributed by atoms with E-state index >= 15 is 0 Å². The average molecular weight is 367 g/mol. The van der Waals surface area contributed by atoms with Gasteiger partial charge in [-0.1, -0.05) is 0 Å². The van der Waals surface area contributed by atoms with Crippen LogP contribution in [0.3, 0.4) is 0 Å². The molecule has 1 saturated heterocycles. The van der Waals surface area contributed by atoms with E-state index in [1.807, 2.05) is 23.1 Å². The van der Waals surface area contributed by atoms with E-state index in [4.69, 9.17) is 0 Å². The number of hydrogen-bond acceptors (Lipinski definition) is 1. The van der Waals surface area contributed by atoms with Crippen molar-refractivity contribution in [1.82, 2.24) is 0 Å². The maximum atomic E-state index is 12.0. The Kier molecular flexibility index (Phi) is 3.36. The van der Waals surface area contributed by atoms with Crippen molar-refractivity contribution in [3.8, 4) is 0 Å². The number of carbonyl (C=O) groups is 1. The van der Waals surface area contributed by atoms with Crippen LogP contribution in [0, 0.1) is 0 Å². The maximum absolute atomic E-state index is 12.0. The van der Waals surface area contributed by atoms with E-state index < -0.39 is 0 Å². The van der Waals surface area contributed by atoms with Crippen molar-refractivity contribution in [2.45, 2.75) is 11.7 Å². The fraction of sp³-hybridized carbons (Fsp3) is 0.143. The van der Waals surface area contributed by atoms with Gasteiger partial charge >= 0.3 is 120 Å². The van der Waals surface area contributed by atoms with Crippen LogP contribution in [0.25, 0.3) is 10.8 Å². The van der Waals surface area contributed by atoms with Gasteiger partial charge in [-0.3, -0.25) is 0 Å². The third-order valence-electron chi connectivity index (χ3n) is 2.96. The van der Waals surface area contributed by atoms with Gasteiger partial charge in [0, 0.05) is 0 Å². The standard InChI is InChI=1S/C14H11NOSe2/c16-13-7-8-18-14(17)15(13)12-6-5-10-3-1-2-4-11(10)9-12/h1-6,9H,7-8H2. The Bertz CT molecular complexity index is 622. The fourth-order valence-corrected chi connectivity index (χ4v) is 5.06. The van der Waals surface area contributed by atoms with Gasteiger partial charge in [0.15, 0.2) is 0 Å². The van der Waals surface area contributed by atoms with Gasteiger partial charge < -0.3 is 0 Å². The zero-order chi connectivity index (χ0) is 12.5. The molecular formula is C14H11NOSe2. The predicted molar refractivity (Wildman–Crippen MR) is 77.4 cm³/mol. The first-order valence-corrected chi connectivity index (χ1v) is 8.67. The second-order valence-electron chi connectivity index (χ2n) is 4.12. The van der Waals surface area contributed by atoms with E-state index in [9.17, 15) is 4.79 Å². The van der Waals surface area contributed by atoms with E-state index in [0.29, 0.717) is 21.4 Å². The molecule has 0 aliphatic carbocycles. The first-order chi connectivity index (χ1) is 8.75. The van der Waals surface area contributed by atoms with Gasteiger partial charge in [0.2, 0.25) is 0 Å². The summed E-state index contributed by atoms with van der Waals surface area (Å²) >= 11 is 3.46. The molecule has 2 aromatic rings. The summed E-state index contributed by atoms with van der Waals surface area (Å²) in [7, 11) is 0. The van der Waals surface area contributed by atoms with Gasteiger partial charge in [-0.2, -0.15) is 0 Å². The van der Waals surface area contributed by atoms with E-state index in [1.54, 1.807) is 0 Å². The normalized spacial score (nSPS) is 16.3. The van der Waals surface area contributed by atoms with Crippen molar-refractivity contribution in [3.05, 3.63) is 42.5 Å². The summed E-state index contributed by atoms with van der Waals surface area (Å²) in [6, 6.07) is 14.4. The van der Waals surface area contributed by atoms with Crippen LogP contribution in [-0.4, -0.2) is 39.9 Å². The molecule has 0 atom stereocenters. The zero-order valence-corrected chi connectivity index (χ0v) is 13.1. The van der Waals surface area contributed by atoms with Crippen molar-refractivity contribution in [2.24, 2.45) is 0 Å². The molecule has 3 rings (SSSR count). The summed E-state index contributed by atoms with van der Waals surface area (Å²) in [6.45, 7) is 0. The number of fused-ring (bicyclic) bond motifs is 1. The van der Waals surface area contributed by atoms with Crippen molar-refractivity contribution in [3.63, 3.8) is 0 Å². The molecule has 4 heteroatoms. The van der Waals surface area contributed by atoms with Gasteiger partial charge in [0.25, 0.3) is 0 Å². The Balaban J connectivity index is 2.08. The predicted octanol–water partition coefficient (Wildman–Crippen LogP) is 1.95. The summed E-state index contributed by atoms with van der Waals surface area (Å²) in [4.78, 5) is 13.9. The van der Waals surface area contributed by atoms with Crippen LogP contribution in [0.4, 0.5) is 5.69 Å². The van der Waals surface area contributed by atoms with Crippen LogP contribution in [0.1, 0.15) is 6.42 Å². The van der Waals surface area contributed by atoms with Crippen molar-refractivity contribution < 1.29 is 4.79 Å². The molecule has 18 heavy (non-hydrogen) atoms. The molecule has 0 aromatic heterocycles. The Hall–Kier alpha value is -0.921. The summed E-state index contributed by atoms with van der Waals surface area (Å²) in [5, 5.41) is 3.39. The van der Waals surface area contributed by atoms with Crippen molar-refractivity contribution in [2.75, 3.05) is 4.90 Å². The van der Waals surface area contributed by atoms with Gasteiger partial charge in [0.05, 0.1) is 0 Å². The summed E-state index contributed by atoms with van der Waals surface area (Å²) in [5.41, 5.74) is 0.981. The molecule has 1 aliphatic rings. The number of rotatable bonds is 1.